The van der Waals surface area contributed by atoms with Crippen molar-refractivity contribution in [3.8, 4) is 50.8 Å². The van der Waals surface area contributed by atoms with Gasteiger partial charge in [-0.3, -0.25) is 0 Å². The van der Waals surface area contributed by atoms with Crippen molar-refractivity contribution in [3.63, 3.8) is 0 Å². The number of benzene rings is 8. The summed E-state index contributed by atoms with van der Waals surface area (Å²) in [7, 11) is 0. The van der Waals surface area contributed by atoms with Crippen LogP contribution in [0.3, 0.4) is 0 Å². The molecule has 0 fully saturated rings. The van der Waals surface area contributed by atoms with E-state index in [9.17, 15) is 5.26 Å². The topological polar surface area (TPSA) is 38.0 Å². The summed E-state index contributed by atoms with van der Waals surface area (Å²) in [5.41, 5.74) is 14.2. The number of aromatic nitrogens is 2. The predicted octanol–water partition coefficient (Wildman–Crippen LogP) is 13.3. The summed E-state index contributed by atoms with van der Waals surface area (Å²) < 4.78 is 4.71. The number of nitriles is 1. The van der Waals surface area contributed by atoms with Gasteiger partial charge in [-0.15, -0.1) is 0 Å². The largest absolute Gasteiger partial charge is 0.309 e. The van der Waals surface area contributed by atoms with E-state index in [1.807, 2.05) is 36.4 Å². The molecule has 0 unspecified atom stereocenters. The molecule has 2 aromatic heterocycles. The molecule has 54 heavy (non-hydrogen) atoms. The lowest BCUT2D eigenvalue weighted by Gasteiger charge is -2.22. The normalized spacial score (nSPS) is 11.3. The van der Waals surface area contributed by atoms with Gasteiger partial charge in [-0.05, 0) is 82.2 Å². The molecular weight excluding hydrogens is 657 g/mol. The lowest BCUT2D eigenvalue weighted by atomic mass is 9.90. The molecule has 4 nitrogen and oxygen atoms in total. The molecule has 0 spiro atoms. The second kappa shape index (κ2) is 12.5. The van der Waals surface area contributed by atoms with Gasteiger partial charge in [-0.1, -0.05) is 127 Å². The maximum atomic E-state index is 9.83. The number of nitrogens with zero attached hydrogens (tertiary/aromatic N) is 4. The van der Waals surface area contributed by atoms with Crippen LogP contribution in [0.2, 0.25) is 0 Å². The third kappa shape index (κ3) is 4.83. The predicted molar refractivity (Wildman–Crippen MR) is 222 cm³/mol. The van der Waals surface area contributed by atoms with Crippen molar-refractivity contribution in [1.29, 1.82) is 5.26 Å². The van der Waals surface area contributed by atoms with Gasteiger partial charge in [0.05, 0.1) is 46.0 Å². The van der Waals surface area contributed by atoms with Crippen LogP contribution in [0.15, 0.2) is 182 Å². The fourth-order valence-corrected chi connectivity index (χ4v) is 8.21. The van der Waals surface area contributed by atoms with E-state index < -0.39 is 0 Å². The number of hydrogen-bond acceptors (Lipinski definition) is 1. The van der Waals surface area contributed by atoms with Gasteiger partial charge in [0.15, 0.2) is 5.69 Å². The van der Waals surface area contributed by atoms with Gasteiger partial charge in [-0.25, -0.2) is 4.85 Å². The average molecular weight is 687 g/mol. The minimum absolute atomic E-state index is 0.567. The van der Waals surface area contributed by atoms with E-state index in [1.165, 1.54) is 10.8 Å². The lowest BCUT2D eigenvalue weighted by Crippen LogP contribution is -2.02. The van der Waals surface area contributed by atoms with Gasteiger partial charge in [0, 0.05) is 33.0 Å². The smallest absolute Gasteiger partial charge is 0.188 e. The Balaban J connectivity index is 1.34. The highest BCUT2D eigenvalue weighted by atomic mass is 15.0. The molecule has 0 bridgehead atoms. The highest BCUT2D eigenvalue weighted by molar-refractivity contribution is 6.12. The Bertz CT molecular complexity index is 3050. The number of fused-ring (bicyclic) bond motifs is 6. The second-order valence-corrected chi connectivity index (χ2v) is 13.5. The van der Waals surface area contributed by atoms with E-state index in [4.69, 9.17) is 6.57 Å². The van der Waals surface area contributed by atoms with Crippen LogP contribution in [0.25, 0.3) is 93.2 Å². The van der Waals surface area contributed by atoms with Crippen LogP contribution >= 0.6 is 0 Å². The van der Waals surface area contributed by atoms with Crippen molar-refractivity contribution < 1.29 is 0 Å². The first-order chi connectivity index (χ1) is 26.7. The Morgan fingerprint density at radius 2 is 1.00 bits per heavy atom. The van der Waals surface area contributed by atoms with Gasteiger partial charge in [0.1, 0.15) is 0 Å². The number of para-hydroxylation sites is 3. The first-order valence-electron chi connectivity index (χ1n) is 17.9. The first-order valence-corrected chi connectivity index (χ1v) is 17.9. The van der Waals surface area contributed by atoms with E-state index in [2.05, 4.69) is 166 Å². The molecule has 0 saturated heterocycles. The van der Waals surface area contributed by atoms with Crippen LogP contribution in [-0.4, -0.2) is 9.13 Å². The van der Waals surface area contributed by atoms with Crippen molar-refractivity contribution >= 4 is 49.3 Å². The molecule has 10 rings (SSSR count). The second-order valence-electron chi connectivity index (χ2n) is 13.5. The summed E-state index contributed by atoms with van der Waals surface area (Å²) in [4.78, 5) is 3.73. The van der Waals surface area contributed by atoms with Crippen LogP contribution in [0.1, 0.15) is 5.56 Å². The molecule has 0 aliphatic rings. The molecule has 0 aliphatic carbocycles. The van der Waals surface area contributed by atoms with Crippen LogP contribution in [0.5, 0.6) is 0 Å². The number of hydrogen-bond donors (Lipinski definition) is 0. The zero-order valence-corrected chi connectivity index (χ0v) is 29.1. The minimum atomic E-state index is 0.567. The highest BCUT2D eigenvalue weighted by Gasteiger charge is 2.23. The molecule has 8 aromatic carbocycles. The summed E-state index contributed by atoms with van der Waals surface area (Å²) in [5.74, 6) is 0. The van der Waals surface area contributed by atoms with Gasteiger partial charge in [-0.2, -0.15) is 5.26 Å². The van der Waals surface area contributed by atoms with Crippen LogP contribution < -0.4 is 0 Å². The van der Waals surface area contributed by atoms with E-state index in [0.29, 0.717) is 11.3 Å². The summed E-state index contributed by atoms with van der Waals surface area (Å²) in [6.07, 6.45) is 0. The van der Waals surface area contributed by atoms with Gasteiger partial charge >= 0.3 is 0 Å². The molecular formula is C50H30N4. The third-order valence-corrected chi connectivity index (χ3v) is 10.6. The Morgan fingerprint density at radius 3 is 1.67 bits per heavy atom. The Labute approximate surface area is 312 Å². The van der Waals surface area contributed by atoms with Crippen LogP contribution in [0.4, 0.5) is 5.69 Å². The van der Waals surface area contributed by atoms with Crippen LogP contribution in [0, 0.1) is 17.9 Å². The van der Waals surface area contributed by atoms with Crippen LogP contribution in [-0.2, 0) is 0 Å². The van der Waals surface area contributed by atoms with Crippen molar-refractivity contribution in [2.45, 2.75) is 0 Å². The molecule has 250 valence electrons. The van der Waals surface area contributed by atoms with E-state index in [-0.39, 0.29) is 0 Å². The zero-order valence-electron chi connectivity index (χ0n) is 29.1. The molecule has 0 radical (unpaired) electrons. The van der Waals surface area contributed by atoms with E-state index in [1.54, 1.807) is 0 Å². The molecule has 4 heteroatoms. The Morgan fingerprint density at radius 1 is 0.426 bits per heavy atom. The quantitative estimate of drug-likeness (QED) is 0.166. The van der Waals surface area contributed by atoms with Gasteiger partial charge < -0.3 is 9.13 Å². The Hall–Kier alpha value is -7.66. The van der Waals surface area contributed by atoms with E-state index in [0.717, 1.165) is 77.6 Å². The van der Waals surface area contributed by atoms with Crippen molar-refractivity contribution in [2.24, 2.45) is 0 Å². The summed E-state index contributed by atoms with van der Waals surface area (Å²) in [6, 6.07) is 66.0. The average Bonchev–Trinajstić information content (AvgIpc) is 3.75. The SMILES string of the molecule is [C-]#[N+]c1ccc2c(c1)c1cc(C#N)ccc1n2-c1ccc(-c2ccccc2)c(-c2cccc(-c3ccccc3)c2-n2c3ccccc3c3ccccc32)c1. The fraction of sp³-hybridized carbons (Fsp3) is 0. The lowest BCUT2D eigenvalue weighted by molar-refractivity contribution is 1.17. The molecule has 2 heterocycles. The van der Waals surface area contributed by atoms with Gasteiger partial charge in [0.2, 0.25) is 0 Å². The molecule has 0 atom stereocenters. The fourth-order valence-electron chi connectivity index (χ4n) is 8.21. The molecule has 0 saturated carbocycles. The summed E-state index contributed by atoms with van der Waals surface area (Å²) in [6.45, 7) is 7.73. The standard InChI is InChI=1S/C50H30N4/c1-52-36-24-28-49-45(30-36)44-29-33(32-51)23-27-48(44)53(49)37-25-26-38(34-13-4-2-5-14-34)43(31-37)42-20-12-19-39(35-15-6-3-7-16-35)50(42)54-46-21-10-8-17-40(46)41-18-9-11-22-47(41)54/h2-31H. The van der Waals surface area contributed by atoms with Crippen molar-refractivity contribution in [2.75, 3.05) is 0 Å². The molecule has 0 N–H and O–H groups in total. The maximum absolute atomic E-state index is 9.83. The molecule has 0 aliphatic heterocycles. The van der Waals surface area contributed by atoms with Crippen molar-refractivity contribution in [3.05, 3.63) is 199 Å². The van der Waals surface area contributed by atoms with Crippen molar-refractivity contribution in [1.82, 2.24) is 9.13 Å². The first kappa shape index (κ1) is 31.1. The monoisotopic (exact) mass is 686 g/mol. The van der Waals surface area contributed by atoms with Gasteiger partial charge in [0.25, 0.3) is 0 Å². The maximum Gasteiger partial charge on any atom is 0.188 e. The minimum Gasteiger partial charge on any atom is -0.309 e. The summed E-state index contributed by atoms with van der Waals surface area (Å²) >= 11 is 0. The highest BCUT2D eigenvalue weighted by Crippen LogP contribution is 2.45. The third-order valence-electron chi connectivity index (χ3n) is 10.6. The molecule has 0 amide bonds. The molecule has 10 aromatic rings. The summed E-state index contributed by atoms with van der Waals surface area (Å²) in [5, 5.41) is 14.1. The van der Waals surface area contributed by atoms with E-state index >= 15 is 0 Å². The Kier molecular flexibility index (Phi) is 7.22. The zero-order chi connectivity index (χ0) is 36.2. The number of rotatable bonds is 5.